The van der Waals surface area contributed by atoms with Crippen LogP contribution in [0.25, 0.3) is 10.4 Å². The van der Waals surface area contributed by atoms with Gasteiger partial charge in [-0.05, 0) is 53.6 Å². The van der Waals surface area contributed by atoms with E-state index in [4.69, 9.17) is 10.00 Å². The molecule has 0 bridgehead atoms. The Balaban J connectivity index is 1.46. The van der Waals surface area contributed by atoms with Crippen molar-refractivity contribution in [1.82, 2.24) is 9.55 Å². The van der Waals surface area contributed by atoms with Gasteiger partial charge in [-0.1, -0.05) is 12.1 Å². The SMILES string of the molecule is N#Cc1ccc(-c2ccc3c(c2)N(C(=O)c2cccc(Cn4ccnc4)c2)CCO3)s1. The van der Waals surface area contributed by atoms with Crippen LogP contribution in [0.3, 0.4) is 0 Å². The fourth-order valence-corrected chi connectivity index (χ4v) is 4.48. The molecule has 31 heavy (non-hydrogen) atoms. The first-order chi connectivity index (χ1) is 15.2. The van der Waals surface area contributed by atoms with Gasteiger partial charge in [-0.2, -0.15) is 5.26 Å². The van der Waals surface area contributed by atoms with Gasteiger partial charge >= 0.3 is 0 Å². The van der Waals surface area contributed by atoms with Crippen LogP contribution in [0.4, 0.5) is 5.69 Å². The Kier molecular flexibility index (Phi) is 4.98. The number of rotatable bonds is 4. The first-order valence-electron chi connectivity index (χ1n) is 9.85. The summed E-state index contributed by atoms with van der Waals surface area (Å²) in [5, 5.41) is 9.12. The minimum absolute atomic E-state index is 0.0573. The van der Waals surface area contributed by atoms with E-state index >= 15 is 0 Å². The number of thiophene rings is 1. The third-order valence-electron chi connectivity index (χ3n) is 5.17. The number of fused-ring (bicyclic) bond motifs is 1. The van der Waals surface area contributed by atoms with E-state index in [1.54, 1.807) is 17.4 Å². The van der Waals surface area contributed by atoms with E-state index < -0.39 is 0 Å². The zero-order valence-corrected chi connectivity index (χ0v) is 17.4. The molecule has 0 radical (unpaired) electrons. The molecule has 3 heterocycles. The van der Waals surface area contributed by atoms with Gasteiger partial charge in [-0.25, -0.2) is 4.98 Å². The zero-order valence-electron chi connectivity index (χ0n) is 16.6. The Hall–Kier alpha value is -3.89. The maximum Gasteiger partial charge on any atom is 0.258 e. The molecule has 0 atom stereocenters. The second kappa shape index (κ2) is 8.09. The minimum atomic E-state index is -0.0573. The van der Waals surface area contributed by atoms with Crippen molar-refractivity contribution in [2.24, 2.45) is 0 Å². The van der Waals surface area contributed by atoms with Crippen molar-refractivity contribution in [1.29, 1.82) is 5.26 Å². The van der Waals surface area contributed by atoms with Crippen molar-refractivity contribution in [3.63, 3.8) is 0 Å². The molecule has 0 spiro atoms. The number of aromatic nitrogens is 2. The predicted molar refractivity (Wildman–Crippen MR) is 119 cm³/mol. The molecule has 0 aliphatic carbocycles. The molecular formula is C24H18N4O2S. The summed E-state index contributed by atoms with van der Waals surface area (Å²) < 4.78 is 7.77. The van der Waals surface area contributed by atoms with E-state index in [2.05, 4.69) is 11.1 Å². The molecule has 6 nitrogen and oxygen atoms in total. The first kappa shape index (κ1) is 19.1. The van der Waals surface area contributed by atoms with Crippen molar-refractivity contribution in [2.75, 3.05) is 18.1 Å². The largest absolute Gasteiger partial charge is 0.490 e. The number of nitrogens with zero attached hydrogens (tertiary/aromatic N) is 4. The molecule has 0 fully saturated rings. The Bertz CT molecular complexity index is 1290. The Morgan fingerprint density at radius 3 is 2.94 bits per heavy atom. The molecular weight excluding hydrogens is 408 g/mol. The molecule has 0 saturated heterocycles. The van der Waals surface area contributed by atoms with Gasteiger partial charge in [0.05, 0.1) is 18.6 Å². The third kappa shape index (κ3) is 3.81. The highest BCUT2D eigenvalue weighted by Crippen LogP contribution is 2.38. The maximum atomic E-state index is 13.4. The van der Waals surface area contributed by atoms with Crippen molar-refractivity contribution in [2.45, 2.75) is 6.54 Å². The Labute approximate surface area is 183 Å². The van der Waals surface area contributed by atoms with Crippen molar-refractivity contribution in [3.05, 3.63) is 89.3 Å². The number of nitriles is 1. The molecule has 152 valence electrons. The van der Waals surface area contributed by atoms with Crippen LogP contribution in [0, 0.1) is 11.3 Å². The van der Waals surface area contributed by atoms with Gasteiger partial charge in [0.2, 0.25) is 0 Å². The number of carbonyl (C=O) groups excluding carboxylic acids is 1. The van der Waals surface area contributed by atoms with Gasteiger partial charge in [-0.3, -0.25) is 4.79 Å². The molecule has 0 saturated carbocycles. The number of carbonyl (C=O) groups is 1. The topological polar surface area (TPSA) is 71.2 Å². The molecule has 7 heteroatoms. The van der Waals surface area contributed by atoms with Crippen LogP contribution < -0.4 is 9.64 Å². The molecule has 1 amide bonds. The lowest BCUT2D eigenvalue weighted by molar-refractivity contribution is 0.0976. The lowest BCUT2D eigenvalue weighted by Crippen LogP contribution is -2.38. The van der Waals surface area contributed by atoms with Crippen molar-refractivity contribution < 1.29 is 9.53 Å². The summed E-state index contributed by atoms with van der Waals surface area (Å²) in [6, 6.07) is 19.4. The van der Waals surface area contributed by atoms with E-state index in [9.17, 15) is 4.79 Å². The summed E-state index contributed by atoms with van der Waals surface area (Å²) in [5.41, 5.74) is 3.38. The molecule has 1 aliphatic heterocycles. The number of imidazole rings is 1. The van der Waals surface area contributed by atoms with Crippen molar-refractivity contribution in [3.8, 4) is 22.3 Å². The van der Waals surface area contributed by atoms with Gasteiger partial charge in [0, 0.05) is 29.4 Å². The lowest BCUT2D eigenvalue weighted by Gasteiger charge is -2.30. The van der Waals surface area contributed by atoms with E-state index in [1.165, 1.54) is 11.3 Å². The van der Waals surface area contributed by atoms with Gasteiger partial charge in [0.1, 0.15) is 23.3 Å². The van der Waals surface area contributed by atoms with E-state index in [1.807, 2.05) is 65.4 Å². The van der Waals surface area contributed by atoms with E-state index in [0.29, 0.717) is 35.9 Å². The van der Waals surface area contributed by atoms with Gasteiger partial charge in [0.25, 0.3) is 5.91 Å². The van der Waals surface area contributed by atoms with Crippen LogP contribution in [-0.2, 0) is 6.54 Å². The van der Waals surface area contributed by atoms with Crippen LogP contribution in [0.2, 0.25) is 0 Å². The van der Waals surface area contributed by atoms with Gasteiger partial charge < -0.3 is 14.2 Å². The van der Waals surface area contributed by atoms with E-state index in [-0.39, 0.29) is 5.91 Å². The maximum absolute atomic E-state index is 13.4. The summed E-state index contributed by atoms with van der Waals surface area (Å²) in [6.07, 6.45) is 5.40. The lowest BCUT2D eigenvalue weighted by atomic mass is 10.1. The monoisotopic (exact) mass is 426 g/mol. The summed E-state index contributed by atoms with van der Waals surface area (Å²) in [6.45, 7) is 1.59. The number of amides is 1. The number of anilines is 1. The fourth-order valence-electron chi connectivity index (χ4n) is 3.68. The quantitative estimate of drug-likeness (QED) is 0.479. The van der Waals surface area contributed by atoms with Crippen LogP contribution in [0.5, 0.6) is 5.75 Å². The number of hydrogen-bond acceptors (Lipinski definition) is 5. The number of ether oxygens (including phenoxy) is 1. The smallest absolute Gasteiger partial charge is 0.258 e. The number of hydrogen-bond donors (Lipinski definition) is 0. The van der Waals surface area contributed by atoms with Gasteiger partial charge in [0.15, 0.2) is 0 Å². The molecule has 1 aliphatic rings. The van der Waals surface area contributed by atoms with Crippen LogP contribution in [0.1, 0.15) is 20.8 Å². The summed E-state index contributed by atoms with van der Waals surface area (Å²) in [5.74, 6) is 0.632. The second-order valence-electron chi connectivity index (χ2n) is 7.20. The fraction of sp³-hybridized carbons (Fsp3) is 0.125. The molecule has 2 aromatic heterocycles. The zero-order chi connectivity index (χ0) is 21.2. The minimum Gasteiger partial charge on any atom is -0.490 e. The predicted octanol–water partition coefficient (Wildman–Crippen LogP) is 4.57. The summed E-state index contributed by atoms with van der Waals surface area (Å²) >= 11 is 1.43. The highest BCUT2D eigenvalue weighted by molar-refractivity contribution is 7.16. The summed E-state index contributed by atoms with van der Waals surface area (Å²) in [7, 11) is 0. The molecule has 0 N–H and O–H groups in total. The standard InChI is InChI=1S/C24H18N4O2S/c25-14-20-5-7-23(31-20)18-4-6-22-21(13-18)28(10-11-30-22)24(29)19-3-1-2-17(12-19)15-27-9-8-26-16-27/h1-9,12-13,16H,10-11,15H2. The highest BCUT2D eigenvalue weighted by Gasteiger charge is 2.25. The Morgan fingerprint density at radius 2 is 2.13 bits per heavy atom. The molecule has 0 unspecified atom stereocenters. The molecule has 5 rings (SSSR count). The van der Waals surface area contributed by atoms with Crippen LogP contribution in [0.15, 0.2) is 73.3 Å². The molecule has 2 aromatic carbocycles. The van der Waals surface area contributed by atoms with Crippen molar-refractivity contribution >= 4 is 22.9 Å². The Morgan fingerprint density at radius 1 is 1.19 bits per heavy atom. The normalized spacial score (nSPS) is 12.7. The number of benzene rings is 2. The third-order valence-corrected chi connectivity index (χ3v) is 6.21. The average molecular weight is 427 g/mol. The average Bonchev–Trinajstić information content (AvgIpc) is 3.50. The summed E-state index contributed by atoms with van der Waals surface area (Å²) in [4.78, 5) is 20.9. The highest BCUT2D eigenvalue weighted by atomic mass is 32.1. The van der Waals surface area contributed by atoms with Crippen LogP contribution >= 0.6 is 11.3 Å². The van der Waals surface area contributed by atoms with Crippen LogP contribution in [-0.4, -0.2) is 28.6 Å². The second-order valence-corrected chi connectivity index (χ2v) is 8.28. The van der Waals surface area contributed by atoms with Gasteiger partial charge in [-0.15, -0.1) is 11.3 Å². The van der Waals surface area contributed by atoms with E-state index in [0.717, 1.165) is 21.7 Å². The molecule has 4 aromatic rings. The first-order valence-corrected chi connectivity index (χ1v) is 10.7.